The molecule has 1 aliphatic carbocycles. The Morgan fingerprint density at radius 2 is 2.11 bits per heavy atom. The molecule has 19 heavy (non-hydrogen) atoms. The van der Waals surface area contributed by atoms with Crippen molar-refractivity contribution >= 4 is 33.2 Å². The monoisotopic (exact) mass is 276 g/mol. The Morgan fingerprint density at radius 1 is 1.32 bits per heavy atom. The van der Waals surface area contributed by atoms with Crippen molar-refractivity contribution in [2.24, 2.45) is 5.92 Å². The third-order valence-corrected chi connectivity index (χ3v) is 4.57. The minimum absolute atomic E-state index is 0.151. The first kappa shape index (κ1) is 12.4. The number of nitrogens with zero attached hydrogens (tertiary/aromatic N) is 1. The second-order valence-electron chi connectivity index (χ2n) is 5.07. The Morgan fingerprint density at radius 3 is 2.84 bits per heavy atom. The number of aliphatic carboxylic acids is 1. The van der Waals surface area contributed by atoms with Gasteiger partial charge in [0.1, 0.15) is 0 Å². The van der Waals surface area contributed by atoms with Crippen LogP contribution in [-0.4, -0.2) is 22.1 Å². The number of benzene rings is 1. The Kier molecular flexibility index (Phi) is 3.38. The fourth-order valence-electron chi connectivity index (χ4n) is 2.67. The van der Waals surface area contributed by atoms with Crippen molar-refractivity contribution in [3.63, 3.8) is 0 Å². The summed E-state index contributed by atoms with van der Waals surface area (Å²) in [6, 6.07) is 6.58. The highest BCUT2D eigenvalue weighted by Gasteiger charge is 2.25. The zero-order valence-corrected chi connectivity index (χ0v) is 11.3. The summed E-state index contributed by atoms with van der Waals surface area (Å²) in [5.74, 6) is -0.799. The van der Waals surface area contributed by atoms with Gasteiger partial charge in [-0.3, -0.25) is 4.79 Å². The van der Waals surface area contributed by atoms with Gasteiger partial charge in [0, 0.05) is 11.7 Å². The van der Waals surface area contributed by atoms with E-state index in [9.17, 15) is 4.79 Å². The van der Waals surface area contributed by atoms with E-state index in [1.165, 1.54) is 4.70 Å². The van der Waals surface area contributed by atoms with E-state index in [0.29, 0.717) is 6.04 Å². The van der Waals surface area contributed by atoms with Crippen molar-refractivity contribution in [3.8, 4) is 0 Å². The summed E-state index contributed by atoms with van der Waals surface area (Å²) in [6.07, 6.45) is 3.40. The van der Waals surface area contributed by atoms with Crippen LogP contribution in [0.1, 0.15) is 25.7 Å². The maximum Gasteiger partial charge on any atom is 0.306 e. The molecule has 1 heterocycles. The van der Waals surface area contributed by atoms with Crippen LogP contribution in [-0.2, 0) is 4.79 Å². The summed E-state index contributed by atoms with van der Waals surface area (Å²) in [7, 11) is 0. The number of carbonyl (C=O) groups is 1. The van der Waals surface area contributed by atoms with Gasteiger partial charge in [-0.25, -0.2) is 4.98 Å². The lowest BCUT2D eigenvalue weighted by Crippen LogP contribution is -2.29. The van der Waals surface area contributed by atoms with E-state index in [1.807, 2.05) is 17.6 Å². The van der Waals surface area contributed by atoms with E-state index in [4.69, 9.17) is 5.11 Å². The summed E-state index contributed by atoms with van der Waals surface area (Å²) in [5.41, 5.74) is 3.99. The van der Waals surface area contributed by atoms with Crippen LogP contribution in [0.25, 0.3) is 10.2 Å². The largest absolute Gasteiger partial charge is 0.481 e. The summed E-state index contributed by atoms with van der Waals surface area (Å²) in [5, 5.41) is 12.5. The number of carboxylic acid groups (broad SMARTS) is 1. The predicted molar refractivity (Wildman–Crippen MR) is 76.6 cm³/mol. The summed E-state index contributed by atoms with van der Waals surface area (Å²) in [6.45, 7) is 0. The van der Waals surface area contributed by atoms with Gasteiger partial charge in [-0.15, -0.1) is 11.3 Å². The molecule has 0 radical (unpaired) electrons. The molecule has 4 nitrogen and oxygen atoms in total. The second kappa shape index (κ2) is 5.17. The molecule has 1 aliphatic rings. The van der Waals surface area contributed by atoms with Crippen molar-refractivity contribution < 1.29 is 9.90 Å². The molecule has 3 rings (SSSR count). The van der Waals surface area contributed by atoms with E-state index < -0.39 is 5.97 Å². The van der Waals surface area contributed by atoms with Crippen molar-refractivity contribution in [2.75, 3.05) is 5.32 Å². The molecule has 100 valence electrons. The highest BCUT2D eigenvalue weighted by molar-refractivity contribution is 7.16. The average molecular weight is 276 g/mol. The maximum atomic E-state index is 10.9. The Hall–Kier alpha value is -1.62. The van der Waals surface area contributed by atoms with Gasteiger partial charge >= 0.3 is 5.97 Å². The van der Waals surface area contributed by atoms with Gasteiger partial charge in [0.15, 0.2) is 0 Å². The van der Waals surface area contributed by atoms with Crippen molar-refractivity contribution in [2.45, 2.75) is 31.7 Å². The molecule has 0 atom stereocenters. The van der Waals surface area contributed by atoms with E-state index in [2.05, 4.69) is 16.4 Å². The normalized spacial score (nSPS) is 23.4. The smallest absolute Gasteiger partial charge is 0.306 e. The molecule has 0 spiro atoms. The third-order valence-electron chi connectivity index (χ3n) is 3.78. The van der Waals surface area contributed by atoms with Gasteiger partial charge in [-0.1, -0.05) is 0 Å². The van der Waals surface area contributed by atoms with Crippen LogP contribution in [0.3, 0.4) is 0 Å². The number of hydrogen-bond acceptors (Lipinski definition) is 4. The average Bonchev–Trinajstić information content (AvgIpc) is 2.87. The van der Waals surface area contributed by atoms with Gasteiger partial charge in [0.05, 0.1) is 21.6 Å². The van der Waals surface area contributed by atoms with Gasteiger partial charge < -0.3 is 10.4 Å². The number of carboxylic acids is 1. The van der Waals surface area contributed by atoms with Gasteiger partial charge in [-0.2, -0.15) is 0 Å². The SMILES string of the molecule is O=C(O)C1CCC(Nc2ccc3ncsc3c2)CC1. The molecule has 1 saturated carbocycles. The molecule has 1 aromatic heterocycles. The van der Waals surface area contributed by atoms with Crippen molar-refractivity contribution in [1.82, 2.24) is 4.98 Å². The van der Waals surface area contributed by atoms with Crippen LogP contribution in [0.2, 0.25) is 0 Å². The van der Waals surface area contributed by atoms with Crippen molar-refractivity contribution in [1.29, 1.82) is 0 Å². The topological polar surface area (TPSA) is 62.2 Å². The summed E-state index contributed by atoms with van der Waals surface area (Å²) >= 11 is 1.64. The zero-order chi connectivity index (χ0) is 13.2. The van der Waals surface area contributed by atoms with E-state index in [0.717, 1.165) is 36.9 Å². The standard InChI is InChI=1S/C14H16N2O2S/c17-14(18)9-1-3-10(4-2-9)16-11-5-6-12-13(7-11)19-8-15-12/h5-10,16H,1-4H2,(H,17,18). The lowest BCUT2D eigenvalue weighted by molar-refractivity contribution is -0.142. The van der Waals surface area contributed by atoms with Crippen LogP contribution in [0.4, 0.5) is 5.69 Å². The van der Waals surface area contributed by atoms with Crippen LogP contribution < -0.4 is 5.32 Å². The molecule has 2 aromatic rings. The molecule has 0 unspecified atom stereocenters. The highest BCUT2D eigenvalue weighted by Crippen LogP contribution is 2.28. The highest BCUT2D eigenvalue weighted by atomic mass is 32.1. The van der Waals surface area contributed by atoms with Gasteiger partial charge in [0.2, 0.25) is 0 Å². The fraction of sp³-hybridized carbons (Fsp3) is 0.429. The molecule has 5 heteroatoms. The maximum absolute atomic E-state index is 10.9. The summed E-state index contributed by atoms with van der Waals surface area (Å²) < 4.78 is 1.18. The van der Waals surface area contributed by atoms with E-state index >= 15 is 0 Å². The van der Waals surface area contributed by atoms with Crippen LogP contribution in [0.5, 0.6) is 0 Å². The molecule has 0 aliphatic heterocycles. The first-order valence-electron chi connectivity index (χ1n) is 6.55. The zero-order valence-electron chi connectivity index (χ0n) is 10.5. The third kappa shape index (κ3) is 2.71. The number of aromatic nitrogens is 1. The van der Waals surface area contributed by atoms with Crippen molar-refractivity contribution in [3.05, 3.63) is 23.7 Å². The second-order valence-corrected chi connectivity index (χ2v) is 5.95. The number of anilines is 1. The number of thiazole rings is 1. The van der Waals surface area contributed by atoms with Crippen LogP contribution in [0.15, 0.2) is 23.7 Å². The number of fused-ring (bicyclic) bond motifs is 1. The lowest BCUT2D eigenvalue weighted by Gasteiger charge is -2.27. The molecule has 2 N–H and O–H groups in total. The fourth-order valence-corrected chi connectivity index (χ4v) is 3.38. The molecular formula is C14H16N2O2S. The first-order chi connectivity index (χ1) is 9.22. The predicted octanol–water partition coefficient (Wildman–Crippen LogP) is 3.35. The molecular weight excluding hydrogens is 260 g/mol. The minimum atomic E-state index is -0.649. The Labute approximate surface area is 115 Å². The molecule has 0 amide bonds. The number of nitrogens with one attached hydrogen (secondary N) is 1. The number of rotatable bonds is 3. The van der Waals surface area contributed by atoms with Gasteiger partial charge in [-0.05, 0) is 43.9 Å². The summed E-state index contributed by atoms with van der Waals surface area (Å²) in [4.78, 5) is 15.2. The Bertz CT molecular complexity index is 588. The van der Waals surface area contributed by atoms with E-state index in [1.54, 1.807) is 11.3 Å². The quantitative estimate of drug-likeness (QED) is 0.902. The molecule has 0 saturated heterocycles. The van der Waals surface area contributed by atoms with Gasteiger partial charge in [0.25, 0.3) is 0 Å². The molecule has 1 fully saturated rings. The van der Waals surface area contributed by atoms with Crippen LogP contribution in [0, 0.1) is 5.92 Å². The Balaban J connectivity index is 1.64. The molecule has 0 bridgehead atoms. The minimum Gasteiger partial charge on any atom is -0.481 e. The number of hydrogen-bond donors (Lipinski definition) is 2. The van der Waals surface area contributed by atoms with E-state index in [-0.39, 0.29) is 5.92 Å². The molecule has 1 aromatic carbocycles. The first-order valence-corrected chi connectivity index (χ1v) is 7.43. The van der Waals surface area contributed by atoms with Crippen LogP contribution >= 0.6 is 11.3 Å². The lowest BCUT2D eigenvalue weighted by atomic mass is 9.86.